The van der Waals surface area contributed by atoms with Crippen LogP contribution >= 0.6 is 0 Å². The van der Waals surface area contributed by atoms with E-state index in [0.717, 1.165) is 19.3 Å². The molecule has 0 heterocycles. The highest BCUT2D eigenvalue weighted by Gasteiger charge is 2.21. The van der Waals surface area contributed by atoms with Gasteiger partial charge >= 0.3 is 0 Å². The number of hydrogen-bond acceptors (Lipinski definition) is 3. The average Bonchev–Trinajstić information content (AvgIpc) is 2.31. The van der Waals surface area contributed by atoms with Crippen molar-refractivity contribution in [1.82, 2.24) is 10.6 Å². The number of hydrogen-bond donors (Lipinski definition) is 3. The Hall–Kier alpha value is -1.10. The summed E-state index contributed by atoms with van der Waals surface area (Å²) in [6.07, 6.45) is 3.18. The molecule has 0 aliphatic carbocycles. The van der Waals surface area contributed by atoms with Crippen molar-refractivity contribution in [2.45, 2.75) is 59.4 Å². The summed E-state index contributed by atoms with van der Waals surface area (Å²) < 4.78 is 0. The highest BCUT2D eigenvalue weighted by molar-refractivity contribution is 5.84. The van der Waals surface area contributed by atoms with Gasteiger partial charge in [0.05, 0.1) is 6.54 Å². The lowest BCUT2D eigenvalue weighted by atomic mass is 9.88. The molecule has 0 aliphatic rings. The number of unbranched alkanes of at least 4 members (excludes halogenated alkanes) is 2. The minimum atomic E-state index is -0.141. The van der Waals surface area contributed by atoms with Crippen molar-refractivity contribution in [3.05, 3.63) is 0 Å². The molecule has 0 aliphatic heterocycles. The Morgan fingerprint density at radius 1 is 1.11 bits per heavy atom. The SMILES string of the molecule is CC(NC(=O)CNC(=O)CCCCCN)C(C)(C)C. The van der Waals surface area contributed by atoms with Gasteiger partial charge in [0, 0.05) is 12.5 Å². The Balaban J connectivity index is 3.75. The summed E-state index contributed by atoms with van der Waals surface area (Å²) in [6.45, 7) is 8.87. The fourth-order valence-electron chi connectivity index (χ4n) is 1.38. The van der Waals surface area contributed by atoms with E-state index in [4.69, 9.17) is 5.73 Å². The van der Waals surface area contributed by atoms with Crippen LogP contribution in [0.1, 0.15) is 53.4 Å². The molecule has 0 saturated carbocycles. The van der Waals surface area contributed by atoms with Crippen molar-refractivity contribution in [3.63, 3.8) is 0 Å². The largest absolute Gasteiger partial charge is 0.352 e. The molecule has 0 bridgehead atoms. The van der Waals surface area contributed by atoms with E-state index in [-0.39, 0.29) is 29.8 Å². The van der Waals surface area contributed by atoms with Crippen molar-refractivity contribution in [1.29, 1.82) is 0 Å². The maximum Gasteiger partial charge on any atom is 0.239 e. The number of carbonyl (C=O) groups excluding carboxylic acids is 2. The number of carbonyl (C=O) groups is 2. The third-order valence-electron chi connectivity index (χ3n) is 3.23. The van der Waals surface area contributed by atoms with Gasteiger partial charge in [-0.25, -0.2) is 0 Å². The molecule has 0 aromatic heterocycles. The lowest BCUT2D eigenvalue weighted by molar-refractivity contribution is -0.126. The second-order valence-electron chi connectivity index (χ2n) is 6.03. The first-order valence-electron chi connectivity index (χ1n) is 7.03. The zero-order valence-corrected chi connectivity index (χ0v) is 12.7. The molecule has 19 heavy (non-hydrogen) atoms. The van der Waals surface area contributed by atoms with Gasteiger partial charge in [0.2, 0.25) is 11.8 Å². The first-order chi connectivity index (χ1) is 8.77. The van der Waals surface area contributed by atoms with Gasteiger partial charge in [-0.2, -0.15) is 0 Å². The number of rotatable bonds is 8. The van der Waals surface area contributed by atoms with Crippen molar-refractivity contribution >= 4 is 11.8 Å². The molecule has 0 saturated heterocycles. The normalized spacial score (nSPS) is 12.9. The fraction of sp³-hybridized carbons (Fsp3) is 0.857. The van der Waals surface area contributed by atoms with E-state index in [1.165, 1.54) is 0 Å². The van der Waals surface area contributed by atoms with Crippen LogP contribution in [0.3, 0.4) is 0 Å². The van der Waals surface area contributed by atoms with E-state index >= 15 is 0 Å². The Bertz CT molecular complexity index is 285. The van der Waals surface area contributed by atoms with Crippen LogP contribution in [0.4, 0.5) is 0 Å². The molecule has 0 fully saturated rings. The van der Waals surface area contributed by atoms with Gasteiger partial charge in [0.1, 0.15) is 0 Å². The summed E-state index contributed by atoms with van der Waals surface area (Å²) in [5, 5.41) is 5.52. The molecule has 5 heteroatoms. The highest BCUT2D eigenvalue weighted by atomic mass is 16.2. The number of nitrogens with two attached hydrogens (primary N) is 1. The Labute approximate surface area is 116 Å². The second kappa shape index (κ2) is 8.91. The quantitative estimate of drug-likeness (QED) is 0.579. The maximum absolute atomic E-state index is 11.6. The van der Waals surface area contributed by atoms with E-state index in [1.807, 2.05) is 6.92 Å². The van der Waals surface area contributed by atoms with Crippen LogP contribution < -0.4 is 16.4 Å². The van der Waals surface area contributed by atoms with Gasteiger partial charge in [-0.1, -0.05) is 27.2 Å². The van der Waals surface area contributed by atoms with Crippen LogP contribution in [-0.4, -0.2) is 30.9 Å². The summed E-state index contributed by atoms with van der Waals surface area (Å²) in [7, 11) is 0. The summed E-state index contributed by atoms with van der Waals surface area (Å²) in [5.74, 6) is -0.215. The zero-order valence-electron chi connectivity index (χ0n) is 12.7. The first kappa shape index (κ1) is 17.9. The van der Waals surface area contributed by atoms with Crippen LogP contribution in [0.15, 0.2) is 0 Å². The zero-order chi connectivity index (χ0) is 14.9. The average molecular weight is 271 g/mol. The minimum absolute atomic E-state index is 0.0158. The van der Waals surface area contributed by atoms with E-state index < -0.39 is 0 Å². The van der Waals surface area contributed by atoms with Crippen molar-refractivity contribution in [2.75, 3.05) is 13.1 Å². The molecule has 1 atom stereocenters. The van der Waals surface area contributed by atoms with Gasteiger partial charge in [0.15, 0.2) is 0 Å². The Morgan fingerprint density at radius 3 is 2.26 bits per heavy atom. The summed E-state index contributed by atoms with van der Waals surface area (Å²) in [6, 6.07) is 0.0708. The van der Waals surface area contributed by atoms with Crippen molar-refractivity contribution in [3.8, 4) is 0 Å². The Kier molecular flexibility index (Phi) is 8.39. The van der Waals surface area contributed by atoms with Crippen LogP contribution in [0.2, 0.25) is 0 Å². The first-order valence-corrected chi connectivity index (χ1v) is 7.03. The Morgan fingerprint density at radius 2 is 1.74 bits per heavy atom. The number of amides is 2. The summed E-state index contributed by atoms with van der Waals surface area (Å²) >= 11 is 0. The lowest BCUT2D eigenvalue weighted by Crippen LogP contribution is -2.45. The molecule has 1 unspecified atom stereocenters. The third-order valence-corrected chi connectivity index (χ3v) is 3.23. The molecule has 0 rings (SSSR count). The predicted octanol–water partition coefficient (Wildman–Crippen LogP) is 1.17. The van der Waals surface area contributed by atoms with Gasteiger partial charge in [-0.3, -0.25) is 9.59 Å². The van der Waals surface area contributed by atoms with E-state index in [1.54, 1.807) is 0 Å². The monoisotopic (exact) mass is 271 g/mol. The molecule has 5 nitrogen and oxygen atoms in total. The van der Waals surface area contributed by atoms with Gasteiger partial charge in [0.25, 0.3) is 0 Å². The molecule has 112 valence electrons. The van der Waals surface area contributed by atoms with E-state index in [0.29, 0.717) is 13.0 Å². The molecular formula is C14H29N3O2. The van der Waals surface area contributed by atoms with Crippen molar-refractivity contribution < 1.29 is 9.59 Å². The molecular weight excluding hydrogens is 242 g/mol. The smallest absolute Gasteiger partial charge is 0.239 e. The van der Waals surface area contributed by atoms with Crippen LogP contribution in [0, 0.1) is 5.41 Å². The molecule has 0 spiro atoms. The fourth-order valence-corrected chi connectivity index (χ4v) is 1.38. The predicted molar refractivity (Wildman–Crippen MR) is 77.6 cm³/mol. The van der Waals surface area contributed by atoms with Gasteiger partial charge in [-0.05, 0) is 31.7 Å². The standard InChI is InChI=1S/C14H29N3O2/c1-11(14(2,3)4)17-13(19)10-16-12(18)8-6-5-7-9-15/h11H,5-10,15H2,1-4H3,(H,16,18)(H,17,19). The van der Waals surface area contributed by atoms with Gasteiger partial charge in [-0.15, -0.1) is 0 Å². The molecule has 0 aromatic carbocycles. The molecule has 0 aromatic rings. The lowest BCUT2D eigenvalue weighted by Gasteiger charge is -2.28. The van der Waals surface area contributed by atoms with Gasteiger partial charge < -0.3 is 16.4 Å². The van der Waals surface area contributed by atoms with E-state index in [2.05, 4.69) is 31.4 Å². The second-order valence-corrected chi connectivity index (χ2v) is 6.03. The van der Waals surface area contributed by atoms with Crippen molar-refractivity contribution in [2.24, 2.45) is 11.1 Å². The molecule has 2 amide bonds. The maximum atomic E-state index is 11.6. The molecule has 4 N–H and O–H groups in total. The summed E-state index contributed by atoms with van der Waals surface area (Å²) in [4.78, 5) is 23.1. The van der Waals surface area contributed by atoms with Crippen LogP contribution in [0.25, 0.3) is 0 Å². The summed E-state index contributed by atoms with van der Waals surface area (Å²) in [5.41, 5.74) is 5.39. The third kappa shape index (κ3) is 9.47. The number of nitrogens with one attached hydrogen (secondary N) is 2. The molecule has 0 radical (unpaired) electrons. The topological polar surface area (TPSA) is 84.2 Å². The van der Waals surface area contributed by atoms with E-state index in [9.17, 15) is 9.59 Å². The minimum Gasteiger partial charge on any atom is -0.352 e. The van der Waals surface area contributed by atoms with Crippen LogP contribution in [-0.2, 0) is 9.59 Å². The highest BCUT2D eigenvalue weighted by Crippen LogP contribution is 2.18. The van der Waals surface area contributed by atoms with Crippen LogP contribution in [0.5, 0.6) is 0 Å².